The maximum absolute atomic E-state index is 13.6. The number of nitrogens with one attached hydrogen (secondary N) is 1. The molecule has 0 saturated carbocycles. The first-order valence-electron chi connectivity index (χ1n) is 4.89. The Morgan fingerprint density at radius 2 is 2.27 bits per heavy atom. The Morgan fingerprint density at radius 3 is 2.87 bits per heavy atom. The van der Waals surface area contributed by atoms with Crippen molar-refractivity contribution in [2.75, 3.05) is 18.6 Å². The molecule has 0 spiro atoms. The van der Waals surface area contributed by atoms with Crippen LogP contribution in [0.2, 0.25) is 0 Å². The fraction of sp³-hybridized carbons (Fsp3) is 0.455. The standard InChI is InChI=1S/C11H15BrFNS/c1-3-15-7-11(14-2)9-6-8(12)4-5-10(9)13/h4-6,11,14H,3,7H2,1-2H3. The van der Waals surface area contributed by atoms with Crippen LogP contribution in [0.1, 0.15) is 18.5 Å². The predicted molar refractivity (Wildman–Crippen MR) is 68.9 cm³/mol. The zero-order valence-electron chi connectivity index (χ0n) is 8.89. The van der Waals surface area contributed by atoms with Gasteiger partial charge in [-0.25, -0.2) is 4.39 Å². The molecule has 4 heteroatoms. The normalized spacial score (nSPS) is 12.8. The van der Waals surface area contributed by atoms with E-state index in [-0.39, 0.29) is 11.9 Å². The molecule has 0 aromatic heterocycles. The van der Waals surface area contributed by atoms with Crippen LogP contribution in [0.3, 0.4) is 0 Å². The highest BCUT2D eigenvalue weighted by Crippen LogP contribution is 2.24. The van der Waals surface area contributed by atoms with Crippen molar-refractivity contribution in [2.24, 2.45) is 0 Å². The molecule has 0 saturated heterocycles. The van der Waals surface area contributed by atoms with Crippen LogP contribution in [0.4, 0.5) is 4.39 Å². The van der Waals surface area contributed by atoms with Crippen molar-refractivity contribution in [3.63, 3.8) is 0 Å². The Kier molecular flexibility index (Phi) is 5.64. The van der Waals surface area contributed by atoms with Gasteiger partial charge in [0.25, 0.3) is 0 Å². The summed E-state index contributed by atoms with van der Waals surface area (Å²) in [6.07, 6.45) is 0. The lowest BCUT2D eigenvalue weighted by Crippen LogP contribution is -2.20. The van der Waals surface area contributed by atoms with Crippen molar-refractivity contribution in [1.82, 2.24) is 5.32 Å². The number of thioether (sulfide) groups is 1. The van der Waals surface area contributed by atoms with Crippen LogP contribution in [0.25, 0.3) is 0 Å². The minimum absolute atomic E-state index is 0.0763. The summed E-state index contributed by atoms with van der Waals surface area (Å²) in [4.78, 5) is 0. The van der Waals surface area contributed by atoms with Crippen LogP contribution in [0, 0.1) is 5.82 Å². The van der Waals surface area contributed by atoms with E-state index in [0.717, 1.165) is 21.5 Å². The second-order valence-corrected chi connectivity index (χ2v) is 5.40. The van der Waals surface area contributed by atoms with E-state index in [9.17, 15) is 4.39 Å². The van der Waals surface area contributed by atoms with Gasteiger partial charge in [0.2, 0.25) is 0 Å². The van der Waals surface area contributed by atoms with Crippen LogP contribution in [-0.2, 0) is 0 Å². The average molecular weight is 292 g/mol. The number of benzene rings is 1. The minimum Gasteiger partial charge on any atom is -0.312 e. The minimum atomic E-state index is -0.144. The Bertz CT molecular complexity index is 319. The Morgan fingerprint density at radius 1 is 1.53 bits per heavy atom. The van der Waals surface area contributed by atoms with E-state index in [0.29, 0.717) is 0 Å². The topological polar surface area (TPSA) is 12.0 Å². The van der Waals surface area contributed by atoms with Crippen molar-refractivity contribution >= 4 is 27.7 Å². The van der Waals surface area contributed by atoms with Crippen LogP contribution >= 0.6 is 27.7 Å². The molecule has 0 fully saturated rings. The monoisotopic (exact) mass is 291 g/mol. The molecule has 0 aliphatic rings. The Hall–Kier alpha value is -0.0600. The van der Waals surface area contributed by atoms with E-state index >= 15 is 0 Å². The van der Waals surface area contributed by atoms with Gasteiger partial charge in [-0.2, -0.15) is 11.8 Å². The van der Waals surface area contributed by atoms with Crippen molar-refractivity contribution < 1.29 is 4.39 Å². The van der Waals surface area contributed by atoms with E-state index in [1.807, 2.05) is 13.1 Å². The molecular weight excluding hydrogens is 277 g/mol. The van der Waals surface area contributed by atoms with E-state index in [1.165, 1.54) is 6.07 Å². The van der Waals surface area contributed by atoms with Crippen LogP contribution < -0.4 is 5.32 Å². The Labute approximate surface area is 103 Å². The molecule has 1 rings (SSSR count). The third kappa shape index (κ3) is 3.78. The molecule has 0 radical (unpaired) electrons. The first kappa shape index (κ1) is 13.0. The molecule has 1 N–H and O–H groups in total. The maximum atomic E-state index is 13.6. The van der Waals surface area contributed by atoms with E-state index in [2.05, 4.69) is 28.2 Å². The number of rotatable bonds is 5. The summed E-state index contributed by atoms with van der Waals surface area (Å²) in [5, 5.41) is 3.14. The molecule has 0 amide bonds. The number of halogens is 2. The third-order valence-electron chi connectivity index (χ3n) is 2.17. The van der Waals surface area contributed by atoms with Crippen molar-refractivity contribution in [1.29, 1.82) is 0 Å². The van der Waals surface area contributed by atoms with Gasteiger partial charge < -0.3 is 5.32 Å². The summed E-state index contributed by atoms with van der Waals surface area (Å²) in [5.41, 5.74) is 0.729. The van der Waals surface area contributed by atoms with Gasteiger partial charge in [0.1, 0.15) is 5.82 Å². The molecule has 0 aliphatic heterocycles. The summed E-state index contributed by atoms with van der Waals surface area (Å²) in [7, 11) is 1.86. The lowest BCUT2D eigenvalue weighted by molar-refractivity contribution is 0.565. The first-order valence-corrected chi connectivity index (χ1v) is 6.83. The summed E-state index contributed by atoms with van der Waals surface area (Å²) in [6, 6.07) is 5.14. The summed E-state index contributed by atoms with van der Waals surface area (Å²) < 4.78 is 14.5. The second kappa shape index (κ2) is 6.51. The fourth-order valence-corrected chi connectivity index (χ4v) is 2.54. The maximum Gasteiger partial charge on any atom is 0.128 e. The quantitative estimate of drug-likeness (QED) is 0.890. The smallest absolute Gasteiger partial charge is 0.128 e. The number of hydrogen-bond acceptors (Lipinski definition) is 2. The van der Waals surface area contributed by atoms with Crippen molar-refractivity contribution in [2.45, 2.75) is 13.0 Å². The van der Waals surface area contributed by atoms with Gasteiger partial charge in [-0.05, 0) is 31.0 Å². The zero-order valence-corrected chi connectivity index (χ0v) is 11.3. The van der Waals surface area contributed by atoms with E-state index in [1.54, 1.807) is 17.8 Å². The highest BCUT2D eigenvalue weighted by Gasteiger charge is 2.13. The molecule has 0 aliphatic carbocycles. The third-order valence-corrected chi connectivity index (χ3v) is 3.64. The summed E-state index contributed by atoms with van der Waals surface area (Å²) in [6.45, 7) is 2.11. The lowest BCUT2D eigenvalue weighted by atomic mass is 10.1. The second-order valence-electron chi connectivity index (χ2n) is 3.17. The summed E-state index contributed by atoms with van der Waals surface area (Å²) >= 11 is 5.17. The molecule has 0 heterocycles. The number of hydrogen-bond donors (Lipinski definition) is 1. The SMILES string of the molecule is CCSCC(NC)c1cc(Br)ccc1F. The van der Waals surface area contributed by atoms with Crippen molar-refractivity contribution in [3.05, 3.63) is 34.1 Å². The van der Waals surface area contributed by atoms with Gasteiger partial charge >= 0.3 is 0 Å². The zero-order chi connectivity index (χ0) is 11.3. The Balaban J connectivity index is 2.85. The molecule has 1 aromatic carbocycles. The highest BCUT2D eigenvalue weighted by molar-refractivity contribution is 9.10. The van der Waals surface area contributed by atoms with Crippen molar-refractivity contribution in [3.8, 4) is 0 Å². The first-order chi connectivity index (χ1) is 7.19. The van der Waals surface area contributed by atoms with Crippen LogP contribution in [-0.4, -0.2) is 18.6 Å². The molecular formula is C11H15BrFNS. The molecule has 1 nitrogen and oxygen atoms in total. The molecule has 1 atom stereocenters. The molecule has 15 heavy (non-hydrogen) atoms. The van der Waals surface area contributed by atoms with Gasteiger partial charge in [-0.3, -0.25) is 0 Å². The fourth-order valence-electron chi connectivity index (χ4n) is 1.35. The van der Waals surface area contributed by atoms with Gasteiger partial charge in [0.05, 0.1) is 0 Å². The lowest BCUT2D eigenvalue weighted by Gasteiger charge is -2.16. The van der Waals surface area contributed by atoms with E-state index in [4.69, 9.17) is 0 Å². The van der Waals surface area contributed by atoms with Gasteiger partial charge in [-0.1, -0.05) is 22.9 Å². The van der Waals surface area contributed by atoms with Crippen LogP contribution in [0.15, 0.2) is 22.7 Å². The highest BCUT2D eigenvalue weighted by atomic mass is 79.9. The molecule has 1 unspecified atom stereocenters. The molecule has 1 aromatic rings. The molecule has 0 bridgehead atoms. The predicted octanol–water partition coefficient (Wildman–Crippen LogP) is 3.60. The van der Waals surface area contributed by atoms with Gasteiger partial charge in [0, 0.05) is 21.8 Å². The largest absolute Gasteiger partial charge is 0.312 e. The van der Waals surface area contributed by atoms with E-state index < -0.39 is 0 Å². The molecule has 84 valence electrons. The average Bonchev–Trinajstić information content (AvgIpc) is 2.24. The van der Waals surface area contributed by atoms with Gasteiger partial charge in [-0.15, -0.1) is 0 Å². The van der Waals surface area contributed by atoms with Gasteiger partial charge in [0.15, 0.2) is 0 Å². The summed E-state index contributed by atoms with van der Waals surface area (Å²) in [5.74, 6) is 1.79. The van der Waals surface area contributed by atoms with Crippen LogP contribution in [0.5, 0.6) is 0 Å².